The minimum Gasteiger partial charge on any atom is -0.374 e. The van der Waals surface area contributed by atoms with Crippen molar-refractivity contribution in [3.63, 3.8) is 0 Å². The molecule has 1 rings (SSSR count). The smallest absolute Gasteiger partial charge is 0.0627 e. The van der Waals surface area contributed by atoms with Gasteiger partial charge in [0.05, 0.1) is 12.2 Å². The third kappa shape index (κ3) is 2.67. The summed E-state index contributed by atoms with van der Waals surface area (Å²) in [5.74, 6) is 0. The normalized spacial score (nSPS) is 26.1. The first-order valence-corrected chi connectivity index (χ1v) is 3.95. The van der Waals surface area contributed by atoms with Crippen LogP contribution in [0.5, 0.6) is 0 Å². The van der Waals surface area contributed by atoms with Gasteiger partial charge < -0.3 is 10.1 Å². The van der Waals surface area contributed by atoms with Crippen molar-refractivity contribution < 1.29 is 4.74 Å². The van der Waals surface area contributed by atoms with Crippen molar-refractivity contribution in [2.45, 2.75) is 38.8 Å². The molecule has 1 heterocycles. The van der Waals surface area contributed by atoms with Crippen LogP contribution in [-0.4, -0.2) is 24.8 Å². The molecule has 1 atom stereocenters. The average Bonchev–Trinajstić information content (AvgIpc) is 1.56. The standard InChI is InChI=1S/C8H17NO/c1-8(2,3)10-6-7-4-5-9-7/h7,9H,4-6H2,1-3H3. The fourth-order valence-electron chi connectivity index (χ4n) is 0.841. The Morgan fingerprint density at radius 3 is 2.40 bits per heavy atom. The highest BCUT2D eigenvalue weighted by Gasteiger charge is 2.19. The molecule has 0 amide bonds. The summed E-state index contributed by atoms with van der Waals surface area (Å²) in [6.07, 6.45) is 1.27. The molecule has 0 aromatic heterocycles. The summed E-state index contributed by atoms with van der Waals surface area (Å²) in [6.45, 7) is 8.30. The second-order valence-electron chi connectivity index (χ2n) is 3.86. The molecule has 2 nitrogen and oxygen atoms in total. The Hall–Kier alpha value is -0.0800. The van der Waals surface area contributed by atoms with Crippen molar-refractivity contribution in [2.24, 2.45) is 0 Å². The zero-order chi connectivity index (χ0) is 7.61. The summed E-state index contributed by atoms with van der Waals surface area (Å²) in [5.41, 5.74) is 0.0251. The predicted molar refractivity (Wildman–Crippen MR) is 42.1 cm³/mol. The van der Waals surface area contributed by atoms with E-state index < -0.39 is 0 Å². The molecule has 2 heteroatoms. The molecule has 0 bridgehead atoms. The van der Waals surface area contributed by atoms with Crippen LogP contribution in [0.1, 0.15) is 27.2 Å². The summed E-state index contributed by atoms with van der Waals surface area (Å²) < 4.78 is 5.57. The van der Waals surface area contributed by atoms with Gasteiger partial charge >= 0.3 is 0 Å². The molecule has 10 heavy (non-hydrogen) atoms. The maximum atomic E-state index is 5.57. The number of ether oxygens (including phenoxy) is 1. The number of hydrogen-bond donors (Lipinski definition) is 1. The van der Waals surface area contributed by atoms with Gasteiger partial charge in [-0.25, -0.2) is 0 Å². The van der Waals surface area contributed by atoms with Gasteiger partial charge in [-0.3, -0.25) is 0 Å². The third-order valence-electron chi connectivity index (χ3n) is 1.64. The van der Waals surface area contributed by atoms with Gasteiger partial charge in [-0.2, -0.15) is 0 Å². The zero-order valence-electron chi connectivity index (χ0n) is 7.11. The lowest BCUT2D eigenvalue weighted by Crippen LogP contribution is -2.47. The molecule has 0 aromatic carbocycles. The van der Waals surface area contributed by atoms with Gasteiger partial charge in [0.1, 0.15) is 0 Å². The van der Waals surface area contributed by atoms with Gasteiger partial charge in [0.25, 0.3) is 0 Å². The first-order valence-electron chi connectivity index (χ1n) is 3.95. The topological polar surface area (TPSA) is 21.3 Å². The van der Waals surface area contributed by atoms with Crippen molar-refractivity contribution in [1.29, 1.82) is 0 Å². The van der Waals surface area contributed by atoms with E-state index in [0.717, 1.165) is 13.2 Å². The maximum absolute atomic E-state index is 5.57. The fourth-order valence-corrected chi connectivity index (χ4v) is 0.841. The van der Waals surface area contributed by atoms with E-state index in [1.807, 2.05) is 0 Å². The quantitative estimate of drug-likeness (QED) is 0.626. The van der Waals surface area contributed by atoms with Crippen molar-refractivity contribution in [2.75, 3.05) is 13.2 Å². The second-order valence-corrected chi connectivity index (χ2v) is 3.86. The molecule has 0 spiro atoms. The lowest BCUT2D eigenvalue weighted by Gasteiger charge is -2.30. The van der Waals surface area contributed by atoms with Crippen LogP contribution in [-0.2, 0) is 4.74 Å². The largest absolute Gasteiger partial charge is 0.374 e. The molecule has 1 unspecified atom stereocenters. The molecule has 1 aliphatic rings. The molecular formula is C8H17NO. The van der Waals surface area contributed by atoms with Crippen molar-refractivity contribution in [3.05, 3.63) is 0 Å². The van der Waals surface area contributed by atoms with Crippen LogP contribution in [0.25, 0.3) is 0 Å². The van der Waals surface area contributed by atoms with E-state index in [0.29, 0.717) is 6.04 Å². The Bertz CT molecular complexity index is 102. The average molecular weight is 143 g/mol. The number of nitrogens with one attached hydrogen (secondary N) is 1. The Balaban J connectivity index is 2.04. The van der Waals surface area contributed by atoms with Crippen molar-refractivity contribution in [3.8, 4) is 0 Å². The van der Waals surface area contributed by atoms with Gasteiger partial charge in [0, 0.05) is 6.04 Å². The summed E-state index contributed by atoms with van der Waals surface area (Å²) >= 11 is 0. The van der Waals surface area contributed by atoms with Crippen LogP contribution >= 0.6 is 0 Å². The predicted octanol–water partition coefficient (Wildman–Crippen LogP) is 1.16. The van der Waals surface area contributed by atoms with E-state index in [2.05, 4.69) is 26.1 Å². The van der Waals surface area contributed by atoms with E-state index in [9.17, 15) is 0 Å². The van der Waals surface area contributed by atoms with E-state index in [-0.39, 0.29) is 5.60 Å². The maximum Gasteiger partial charge on any atom is 0.0627 e. The number of hydrogen-bond acceptors (Lipinski definition) is 2. The minimum absolute atomic E-state index is 0.0251. The van der Waals surface area contributed by atoms with Crippen LogP contribution in [0.15, 0.2) is 0 Å². The number of rotatable bonds is 2. The van der Waals surface area contributed by atoms with E-state index in [4.69, 9.17) is 4.74 Å². The highest BCUT2D eigenvalue weighted by atomic mass is 16.5. The van der Waals surface area contributed by atoms with Gasteiger partial charge in [-0.15, -0.1) is 0 Å². The minimum atomic E-state index is 0.0251. The van der Waals surface area contributed by atoms with Crippen LogP contribution < -0.4 is 5.32 Å². The third-order valence-corrected chi connectivity index (χ3v) is 1.64. The van der Waals surface area contributed by atoms with Crippen molar-refractivity contribution >= 4 is 0 Å². The zero-order valence-corrected chi connectivity index (χ0v) is 7.11. The first-order chi connectivity index (χ1) is 4.58. The Morgan fingerprint density at radius 1 is 1.50 bits per heavy atom. The summed E-state index contributed by atoms with van der Waals surface area (Å²) in [4.78, 5) is 0. The van der Waals surface area contributed by atoms with E-state index >= 15 is 0 Å². The molecule has 0 aromatic rings. The molecule has 1 fully saturated rings. The van der Waals surface area contributed by atoms with Crippen LogP contribution in [0.2, 0.25) is 0 Å². The summed E-state index contributed by atoms with van der Waals surface area (Å²) in [5, 5.41) is 3.29. The molecule has 0 radical (unpaired) electrons. The monoisotopic (exact) mass is 143 g/mol. The molecule has 1 saturated heterocycles. The molecule has 60 valence electrons. The highest BCUT2D eigenvalue weighted by molar-refractivity contribution is 4.77. The van der Waals surface area contributed by atoms with Gasteiger partial charge in [0.2, 0.25) is 0 Å². The molecule has 0 saturated carbocycles. The Kier molecular flexibility index (Phi) is 2.32. The van der Waals surface area contributed by atoms with Gasteiger partial charge in [0.15, 0.2) is 0 Å². The van der Waals surface area contributed by atoms with E-state index in [1.165, 1.54) is 6.42 Å². The molecular weight excluding hydrogens is 126 g/mol. The summed E-state index contributed by atoms with van der Waals surface area (Å²) in [7, 11) is 0. The van der Waals surface area contributed by atoms with Crippen LogP contribution in [0, 0.1) is 0 Å². The van der Waals surface area contributed by atoms with E-state index in [1.54, 1.807) is 0 Å². The Labute approximate surface area is 63.0 Å². The van der Waals surface area contributed by atoms with Gasteiger partial charge in [-0.1, -0.05) is 0 Å². The van der Waals surface area contributed by atoms with Crippen LogP contribution in [0.3, 0.4) is 0 Å². The lowest BCUT2D eigenvalue weighted by atomic mass is 10.1. The van der Waals surface area contributed by atoms with Crippen LogP contribution in [0.4, 0.5) is 0 Å². The molecule has 1 N–H and O–H groups in total. The Morgan fingerprint density at radius 2 is 2.10 bits per heavy atom. The summed E-state index contributed by atoms with van der Waals surface area (Å²) in [6, 6.07) is 0.624. The SMILES string of the molecule is CC(C)(C)OCC1CCN1. The second kappa shape index (κ2) is 2.89. The molecule has 0 aliphatic carbocycles. The van der Waals surface area contributed by atoms with Gasteiger partial charge in [-0.05, 0) is 33.7 Å². The molecule has 1 aliphatic heterocycles. The van der Waals surface area contributed by atoms with Crippen molar-refractivity contribution in [1.82, 2.24) is 5.32 Å². The first kappa shape index (κ1) is 8.02. The lowest BCUT2D eigenvalue weighted by molar-refractivity contribution is -0.0228. The fraction of sp³-hybridized carbons (Fsp3) is 1.00. The highest BCUT2D eigenvalue weighted by Crippen LogP contribution is 2.10.